The zero-order chi connectivity index (χ0) is 12.1. The van der Waals surface area contributed by atoms with Crippen molar-refractivity contribution in [3.63, 3.8) is 0 Å². The van der Waals surface area contributed by atoms with E-state index in [9.17, 15) is 0 Å². The summed E-state index contributed by atoms with van der Waals surface area (Å²) in [5, 5.41) is 0. The summed E-state index contributed by atoms with van der Waals surface area (Å²) in [5.74, 6) is 0.894. The van der Waals surface area contributed by atoms with E-state index in [0.717, 1.165) is 36.3 Å². The molecule has 1 aliphatic rings. The third-order valence-electron chi connectivity index (χ3n) is 3.32. The predicted octanol–water partition coefficient (Wildman–Crippen LogP) is 2.58. The van der Waals surface area contributed by atoms with Crippen molar-refractivity contribution in [3.05, 3.63) is 28.7 Å². The molecule has 0 spiro atoms. The number of halogens is 1. The lowest BCUT2D eigenvalue weighted by molar-refractivity contribution is 0.135. The van der Waals surface area contributed by atoms with Crippen molar-refractivity contribution in [1.29, 1.82) is 0 Å². The van der Waals surface area contributed by atoms with Crippen LogP contribution in [0.15, 0.2) is 28.7 Å². The maximum atomic E-state index is 5.83. The molecular weight excluding hydrogens is 282 g/mol. The minimum absolute atomic E-state index is 0.131. The van der Waals surface area contributed by atoms with Crippen molar-refractivity contribution in [1.82, 2.24) is 0 Å². The molecule has 3 nitrogen and oxygen atoms in total. The summed E-state index contributed by atoms with van der Waals surface area (Å²) in [7, 11) is 0. The van der Waals surface area contributed by atoms with Gasteiger partial charge in [0.05, 0.1) is 13.2 Å². The second-order valence-corrected chi connectivity index (χ2v) is 5.48. The van der Waals surface area contributed by atoms with E-state index >= 15 is 0 Å². The van der Waals surface area contributed by atoms with Crippen LogP contribution >= 0.6 is 15.9 Å². The molecule has 1 heterocycles. The molecule has 2 N–H and O–H groups in total. The van der Waals surface area contributed by atoms with Crippen LogP contribution < -0.4 is 10.5 Å². The van der Waals surface area contributed by atoms with Gasteiger partial charge in [0, 0.05) is 23.0 Å². The first-order valence-electron chi connectivity index (χ1n) is 5.90. The molecular formula is C13H18BrNO2. The summed E-state index contributed by atoms with van der Waals surface area (Å²) in [6.07, 6.45) is 2.00. The van der Waals surface area contributed by atoms with Gasteiger partial charge < -0.3 is 15.2 Å². The Labute approximate surface area is 110 Å². The van der Waals surface area contributed by atoms with Gasteiger partial charge in [-0.3, -0.25) is 0 Å². The predicted molar refractivity (Wildman–Crippen MR) is 71.2 cm³/mol. The first-order chi connectivity index (χ1) is 8.24. The Morgan fingerprint density at radius 3 is 3.00 bits per heavy atom. The van der Waals surface area contributed by atoms with Crippen LogP contribution in [0.1, 0.15) is 12.8 Å². The molecule has 0 aromatic heterocycles. The van der Waals surface area contributed by atoms with Crippen LogP contribution in [0.3, 0.4) is 0 Å². The van der Waals surface area contributed by atoms with Gasteiger partial charge in [0.1, 0.15) is 5.75 Å². The molecule has 1 saturated heterocycles. The number of hydrogen-bond donors (Lipinski definition) is 1. The van der Waals surface area contributed by atoms with Crippen LogP contribution in [0.25, 0.3) is 0 Å². The lowest BCUT2D eigenvalue weighted by Crippen LogP contribution is -2.32. The van der Waals surface area contributed by atoms with Crippen LogP contribution in [0, 0.1) is 5.41 Å². The largest absolute Gasteiger partial charge is 0.494 e. The summed E-state index contributed by atoms with van der Waals surface area (Å²) < 4.78 is 12.2. The Hall–Kier alpha value is -0.580. The third kappa shape index (κ3) is 3.44. The fourth-order valence-corrected chi connectivity index (χ4v) is 2.43. The SMILES string of the molecule is NCC1(CCOc2cccc(Br)c2)CCOC1. The molecule has 0 saturated carbocycles. The molecule has 1 unspecified atom stereocenters. The molecule has 1 aromatic carbocycles. The Kier molecular flexibility index (Phi) is 4.42. The second-order valence-electron chi connectivity index (χ2n) is 4.56. The summed E-state index contributed by atoms with van der Waals surface area (Å²) in [6, 6.07) is 7.89. The Morgan fingerprint density at radius 1 is 1.47 bits per heavy atom. The summed E-state index contributed by atoms with van der Waals surface area (Å²) >= 11 is 3.42. The van der Waals surface area contributed by atoms with Gasteiger partial charge in [-0.05, 0) is 31.0 Å². The number of hydrogen-bond acceptors (Lipinski definition) is 3. The average Bonchev–Trinajstić information content (AvgIpc) is 2.79. The Balaban J connectivity index is 1.82. The maximum absolute atomic E-state index is 5.83. The van der Waals surface area contributed by atoms with Crippen molar-refractivity contribution in [3.8, 4) is 5.75 Å². The lowest BCUT2D eigenvalue weighted by Gasteiger charge is -2.25. The van der Waals surface area contributed by atoms with E-state index in [4.69, 9.17) is 15.2 Å². The normalized spacial score (nSPS) is 23.9. The average molecular weight is 300 g/mol. The van der Waals surface area contributed by atoms with Gasteiger partial charge in [-0.15, -0.1) is 0 Å². The highest BCUT2D eigenvalue weighted by atomic mass is 79.9. The zero-order valence-corrected chi connectivity index (χ0v) is 11.4. The summed E-state index contributed by atoms with van der Waals surface area (Å²) in [4.78, 5) is 0. The van der Waals surface area contributed by atoms with E-state index < -0.39 is 0 Å². The van der Waals surface area contributed by atoms with Crippen molar-refractivity contribution in [2.24, 2.45) is 11.1 Å². The molecule has 0 aliphatic carbocycles. The lowest BCUT2D eigenvalue weighted by atomic mass is 9.84. The minimum Gasteiger partial charge on any atom is -0.494 e. The van der Waals surface area contributed by atoms with Crippen LogP contribution in [-0.2, 0) is 4.74 Å². The molecule has 4 heteroatoms. The standard InChI is InChI=1S/C13H18BrNO2/c14-11-2-1-3-12(8-11)17-7-5-13(9-15)4-6-16-10-13/h1-3,8H,4-7,9-10,15H2. The van der Waals surface area contributed by atoms with E-state index in [1.165, 1.54) is 0 Å². The van der Waals surface area contributed by atoms with Crippen molar-refractivity contribution in [2.45, 2.75) is 12.8 Å². The van der Waals surface area contributed by atoms with Crippen molar-refractivity contribution < 1.29 is 9.47 Å². The van der Waals surface area contributed by atoms with Gasteiger partial charge in [0.15, 0.2) is 0 Å². The van der Waals surface area contributed by atoms with Gasteiger partial charge >= 0.3 is 0 Å². The number of benzene rings is 1. The van der Waals surface area contributed by atoms with Crippen LogP contribution in [0.2, 0.25) is 0 Å². The highest BCUT2D eigenvalue weighted by molar-refractivity contribution is 9.10. The van der Waals surface area contributed by atoms with E-state index in [1.54, 1.807) is 0 Å². The van der Waals surface area contributed by atoms with Gasteiger partial charge in [-0.25, -0.2) is 0 Å². The molecule has 1 aliphatic heterocycles. The maximum Gasteiger partial charge on any atom is 0.120 e. The molecule has 94 valence electrons. The zero-order valence-electron chi connectivity index (χ0n) is 9.82. The quantitative estimate of drug-likeness (QED) is 0.909. The van der Waals surface area contributed by atoms with Crippen molar-refractivity contribution >= 4 is 15.9 Å². The molecule has 1 aromatic rings. The minimum atomic E-state index is 0.131. The summed E-state index contributed by atoms with van der Waals surface area (Å²) in [5.41, 5.74) is 5.96. The van der Waals surface area contributed by atoms with Crippen molar-refractivity contribution in [2.75, 3.05) is 26.4 Å². The number of rotatable bonds is 5. The van der Waals surface area contributed by atoms with E-state index in [-0.39, 0.29) is 5.41 Å². The van der Waals surface area contributed by atoms with Crippen LogP contribution in [0.4, 0.5) is 0 Å². The molecule has 1 atom stereocenters. The highest BCUT2D eigenvalue weighted by Gasteiger charge is 2.33. The van der Waals surface area contributed by atoms with Gasteiger partial charge in [-0.1, -0.05) is 22.0 Å². The molecule has 0 bridgehead atoms. The van der Waals surface area contributed by atoms with Gasteiger partial charge in [0.2, 0.25) is 0 Å². The van der Waals surface area contributed by atoms with E-state index in [0.29, 0.717) is 13.2 Å². The smallest absolute Gasteiger partial charge is 0.120 e. The number of ether oxygens (including phenoxy) is 2. The highest BCUT2D eigenvalue weighted by Crippen LogP contribution is 2.31. The monoisotopic (exact) mass is 299 g/mol. The fourth-order valence-electron chi connectivity index (χ4n) is 2.05. The van der Waals surface area contributed by atoms with Crippen LogP contribution in [-0.4, -0.2) is 26.4 Å². The summed E-state index contributed by atoms with van der Waals surface area (Å²) in [6.45, 7) is 2.96. The van der Waals surface area contributed by atoms with Crippen LogP contribution in [0.5, 0.6) is 5.75 Å². The first-order valence-corrected chi connectivity index (χ1v) is 6.70. The molecule has 0 amide bonds. The molecule has 0 radical (unpaired) electrons. The Morgan fingerprint density at radius 2 is 2.35 bits per heavy atom. The first kappa shape index (κ1) is 12.9. The Bertz CT molecular complexity index is 364. The van der Waals surface area contributed by atoms with E-state index in [1.807, 2.05) is 24.3 Å². The van der Waals surface area contributed by atoms with E-state index in [2.05, 4.69) is 15.9 Å². The molecule has 17 heavy (non-hydrogen) atoms. The topological polar surface area (TPSA) is 44.5 Å². The fraction of sp³-hybridized carbons (Fsp3) is 0.538. The third-order valence-corrected chi connectivity index (χ3v) is 3.81. The van der Waals surface area contributed by atoms with Gasteiger partial charge in [-0.2, -0.15) is 0 Å². The molecule has 1 fully saturated rings. The molecule has 2 rings (SSSR count). The van der Waals surface area contributed by atoms with Gasteiger partial charge in [0.25, 0.3) is 0 Å². The second kappa shape index (κ2) is 5.85. The number of nitrogens with two attached hydrogens (primary N) is 1.